The molecular weight excluding hydrogens is 751 g/mol. The van der Waals surface area contributed by atoms with E-state index in [0.29, 0.717) is 77.4 Å². The average molecular weight is 850 g/mol. The smallest absolute Gasteiger partial charge is 0.301 e. The summed E-state index contributed by atoms with van der Waals surface area (Å²) in [5.41, 5.74) is 7.65. The molecule has 0 rings (SSSR count). The van der Waals surface area contributed by atoms with Crippen molar-refractivity contribution in [2.75, 3.05) is 39.6 Å². The first-order valence-electron chi connectivity index (χ1n) is 24.7. The van der Waals surface area contributed by atoms with Crippen molar-refractivity contribution in [2.45, 2.75) is 272 Å². The number of hydrogen-bond acceptors (Lipinski definition) is 11. The van der Waals surface area contributed by atoms with E-state index in [4.69, 9.17) is 43.6 Å². The zero-order valence-electron chi connectivity index (χ0n) is 40.6. The number of unbranched alkanes of at least 4 members (excludes halogenated alkanes) is 11. The third-order valence-corrected chi connectivity index (χ3v) is 10.7. The molecule has 0 spiro atoms. The Hall–Kier alpha value is -0.440. The van der Waals surface area contributed by atoms with E-state index < -0.39 is 47.7 Å². The van der Waals surface area contributed by atoms with Gasteiger partial charge in [-0.15, -0.1) is 0 Å². The van der Waals surface area contributed by atoms with Crippen LogP contribution in [0.2, 0.25) is 0 Å². The van der Waals surface area contributed by atoms with Crippen molar-refractivity contribution in [3.63, 3.8) is 0 Å². The molecule has 11 nitrogen and oxygen atoms in total. The zero-order valence-corrected chi connectivity index (χ0v) is 40.6. The largest absolute Gasteiger partial charge is 0.393 e. The molecule has 0 aromatic carbocycles. The minimum atomic E-state index is -2.18. The topological polar surface area (TPSA) is 140 Å². The molecule has 6 unspecified atom stereocenters. The van der Waals surface area contributed by atoms with E-state index in [-0.39, 0.29) is 32.8 Å². The fourth-order valence-electron chi connectivity index (χ4n) is 7.61. The van der Waals surface area contributed by atoms with Crippen LogP contribution in [0.3, 0.4) is 0 Å². The summed E-state index contributed by atoms with van der Waals surface area (Å²) < 4.78 is 57.3. The van der Waals surface area contributed by atoms with E-state index in [9.17, 15) is 10.2 Å². The van der Waals surface area contributed by atoms with Gasteiger partial charge >= 0.3 is 5.79 Å². The molecule has 0 aromatic rings. The highest BCUT2D eigenvalue weighted by Gasteiger charge is 2.79. The van der Waals surface area contributed by atoms with Crippen LogP contribution in [0.15, 0.2) is 0 Å². The Morgan fingerprint density at radius 3 is 1.08 bits per heavy atom. The second-order valence-electron chi connectivity index (χ2n) is 16.8. The number of hydrogen-bond donors (Lipinski definition) is 3. The molecule has 0 aliphatic rings. The molecule has 0 aliphatic carbocycles. The van der Waals surface area contributed by atoms with Gasteiger partial charge in [-0.3, -0.25) is 5.73 Å². The predicted molar refractivity (Wildman–Crippen MR) is 241 cm³/mol. The minimum absolute atomic E-state index is 0.180. The molecule has 4 N–H and O–H groups in total. The van der Waals surface area contributed by atoms with Gasteiger partial charge in [-0.25, -0.2) is 0 Å². The van der Waals surface area contributed by atoms with Gasteiger partial charge in [-0.05, 0) is 84.5 Å². The van der Waals surface area contributed by atoms with E-state index in [0.717, 1.165) is 19.3 Å². The van der Waals surface area contributed by atoms with E-state index in [1.54, 1.807) is 13.8 Å². The van der Waals surface area contributed by atoms with Gasteiger partial charge in [0.1, 0.15) is 0 Å². The van der Waals surface area contributed by atoms with Gasteiger partial charge in [-0.2, -0.15) is 0 Å². The lowest BCUT2D eigenvalue weighted by Crippen LogP contribution is -2.84. The van der Waals surface area contributed by atoms with Crippen LogP contribution in [-0.4, -0.2) is 97.5 Å². The Morgan fingerprint density at radius 1 is 0.407 bits per heavy atom. The third-order valence-electron chi connectivity index (χ3n) is 10.7. The van der Waals surface area contributed by atoms with Crippen molar-refractivity contribution in [2.24, 2.45) is 5.73 Å². The lowest BCUT2D eigenvalue weighted by atomic mass is 9.86. The van der Waals surface area contributed by atoms with E-state index in [1.165, 1.54) is 57.8 Å². The molecule has 0 saturated carbocycles. The molecule has 59 heavy (non-hydrogen) atoms. The maximum Gasteiger partial charge on any atom is 0.301 e. The summed E-state index contributed by atoms with van der Waals surface area (Å²) >= 11 is 0. The Morgan fingerprint density at radius 2 is 0.729 bits per heavy atom. The van der Waals surface area contributed by atoms with Gasteiger partial charge in [0, 0.05) is 19.6 Å². The number of aliphatic hydroxyl groups excluding tert-OH is 2. The lowest BCUT2D eigenvalue weighted by Gasteiger charge is -2.61. The van der Waals surface area contributed by atoms with Crippen LogP contribution in [-0.2, 0) is 37.9 Å². The highest BCUT2D eigenvalue weighted by Crippen LogP contribution is 2.54. The van der Waals surface area contributed by atoms with Crippen LogP contribution in [0.4, 0.5) is 0 Å². The molecule has 0 aliphatic heterocycles. The van der Waals surface area contributed by atoms with E-state index in [2.05, 4.69) is 20.8 Å². The van der Waals surface area contributed by atoms with E-state index >= 15 is 0 Å². The molecule has 6 atom stereocenters. The normalized spacial score (nSPS) is 16.8. The SMILES string of the molecule is CCCCCCCCCCCCCCC(OCCC)(OCCC)C(OCCC)(OC(CC)CC(C)O)C(OCCC)(OC(CC)CC(C)O)C(N)(OCCC)OCCC. The van der Waals surface area contributed by atoms with Crippen molar-refractivity contribution in [3.05, 3.63) is 0 Å². The molecule has 11 heteroatoms. The van der Waals surface area contributed by atoms with Crippen molar-refractivity contribution in [1.29, 1.82) is 0 Å². The van der Waals surface area contributed by atoms with Gasteiger partial charge in [-0.1, -0.05) is 133 Å². The van der Waals surface area contributed by atoms with Crippen molar-refractivity contribution >= 4 is 0 Å². The zero-order chi connectivity index (χ0) is 44.5. The highest BCUT2D eigenvalue weighted by atomic mass is 16.9. The second-order valence-corrected chi connectivity index (χ2v) is 16.8. The Labute approximate surface area is 364 Å². The minimum Gasteiger partial charge on any atom is -0.393 e. The monoisotopic (exact) mass is 850 g/mol. The molecule has 0 fully saturated rings. The van der Waals surface area contributed by atoms with Crippen molar-refractivity contribution < 1.29 is 48.1 Å². The number of aliphatic hydroxyl groups is 2. The van der Waals surface area contributed by atoms with Crippen LogP contribution in [0.5, 0.6) is 0 Å². The van der Waals surface area contributed by atoms with Gasteiger partial charge < -0.3 is 48.1 Å². The molecular formula is C48H99NO10. The number of nitrogens with two attached hydrogens (primary N) is 1. The molecule has 0 radical (unpaired) electrons. The van der Waals surface area contributed by atoms with Crippen LogP contribution in [0.1, 0.15) is 224 Å². The lowest BCUT2D eigenvalue weighted by molar-refractivity contribution is -0.556. The average Bonchev–Trinajstić information content (AvgIpc) is 3.22. The van der Waals surface area contributed by atoms with Crippen LogP contribution >= 0.6 is 0 Å². The summed E-state index contributed by atoms with van der Waals surface area (Å²) in [7, 11) is 0. The van der Waals surface area contributed by atoms with Gasteiger partial charge in [0.05, 0.1) is 50.8 Å². The maximum atomic E-state index is 10.9. The molecule has 356 valence electrons. The first kappa shape index (κ1) is 58.6. The summed E-state index contributed by atoms with van der Waals surface area (Å²) in [6.45, 7) is 23.5. The molecule has 0 bridgehead atoms. The first-order valence-corrected chi connectivity index (χ1v) is 24.7. The van der Waals surface area contributed by atoms with Gasteiger partial charge in [0.2, 0.25) is 5.79 Å². The highest BCUT2D eigenvalue weighted by molar-refractivity contribution is 5.09. The third kappa shape index (κ3) is 20.3. The van der Waals surface area contributed by atoms with Crippen LogP contribution < -0.4 is 5.73 Å². The second kappa shape index (κ2) is 35.0. The Balaban J connectivity index is 8.17. The Kier molecular flexibility index (Phi) is 34.7. The van der Waals surface area contributed by atoms with E-state index in [1.807, 2.05) is 41.5 Å². The summed E-state index contributed by atoms with van der Waals surface area (Å²) in [5.74, 6) is -8.03. The Bertz CT molecular complexity index is 925. The van der Waals surface area contributed by atoms with Gasteiger partial charge in [0.15, 0.2) is 0 Å². The fraction of sp³-hybridized carbons (Fsp3) is 1.00. The summed E-state index contributed by atoms with van der Waals surface area (Å²) in [4.78, 5) is 0. The number of rotatable bonds is 44. The standard InChI is InChI=1S/C48H99NO10/c1-12-21-22-23-24-25-26-27-28-29-30-31-32-45(52-33-13-2,53-34-14-3)46(54-35-15-4,58-43(19-8)39-41(10)50)47(55-36-16-5,59-44(20-9)40-42(11)51)48(49,56-37-17-6)57-38-18-7/h41-44,50-51H,12-40,49H2,1-11H3. The van der Waals surface area contributed by atoms with Crippen molar-refractivity contribution in [1.82, 2.24) is 0 Å². The van der Waals surface area contributed by atoms with Gasteiger partial charge in [0.25, 0.3) is 11.7 Å². The summed E-state index contributed by atoms with van der Waals surface area (Å²) in [6, 6.07) is 0. The summed E-state index contributed by atoms with van der Waals surface area (Å²) in [6.07, 6.45) is 17.7. The van der Waals surface area contributed by atoms with Crippen molar-refractivity contribution in [3.8, 4) is 0 Å². The molecule has 0 heterocycles. The first-order chi connectivity index (χ1) is 28.4. The summed E-state index contributed by atoms with van der Waals surface area (Å²) in [5, 5.41) is 21.8. The number of ether oxygens (including phenoxy) is 8. The quantitative estimate of drug-likeness (QED) is 0.0398. The fourth-order valence-corrected chi connectivity index (χ4v) is 7.61. The maximum absolute atomic E-state index is 10.9. The molecule has 0 aromatic heterocycles. The van der Waals surface area contributed by atoms with Crippen LogP contribution in [0.25, 0.3) is 0 Å². The molecule has 0 amide bonds. The molecule has 0 saturated heterocycles. The predicted octanol–water partition coefficient (Wildman–Crippen LogP) is 11.5. The van der Waals surface area contributed by atoms with Crippen LogP contribution in [0, 0.1) is 0 Å².